The van der Waals surface area contributed by atoms with Crippen LogP contribution in [0.5, 0.6) is 0 Å². The van der Waals surface area contributed by atoms with Crippen molar-refractivity contribution in [3.63, 3.8) is 0 Å². The smallest absolute Gasteiger partial charge is 0.313 e. The zero-order valence-corrected chi connectivity index (χ0v) is 20.2. The Labute approximate surface area is 202 Å². The van der Waals surface area contributed by atoms with Gasteiger partial charge in [0.05, 0.1) is 12.3 Å². The predicted octanol–water partition coefficient (Wildman–Crippen LogP) is 4.22. The number of carboxylic acid groups (broad SMARTS) is 1. The summed E-state index contributed by atoms with van der Waals surface area (Å²) in [6.45, 7) is 0. The molecule has 0 radical (unpaired) electrons. The lowest BCUT2D eigenvalue weighted by molar-refractivity contribution is -0.141. The molecule has 1 saturated carbocycles. The molecule has 4 rings (SSSR count). The molecule has 176 valence electrons. The van der Waals surface area contributed by atoms with Crippen molar-refractivity contribution in [1.29, 1.82) is 0 Å². The van der Waals surface area contributed by atoms with Gasteiger partial charge in [0.15, 0.2) is 0 Å². The number of fused-ring (bicyclic) bond motifs is 1. The number of hydrogen-bond donors (Lipinski definition) is 2. The van der Waals surface area contributed by atoms with E-state index in [1.807, 2.05) is 0 Å². The van der Waals surface area contributed by atoms with Crippen LogP contribution in [-0.2, 0) is 14.8 Å². The number of amides is 1. The summed E-state index contributed by atoms with van der Waals surface area (Å²) in [5.74, 6) is -2.31. The molecule has 0 saturated heterocycles. The number of sulfonamides is 1. The molecule has 2 atom stereocenters. The van der Waals surface area contributed by atoms with Gasteiger partial charge in [0, 0.05) is 27.7 Å². The van der Waals surface area contributed by atoms with Crippen LogP contribution in [0, 0.1) is 0 Å². The molecule has 1 fully saturated rings. The lowest BCUT2D eigenvalue weighted by Crippen LogP contribution is -2.52. The van der Waals surface area contributed by atoms with Crippen molar-refractivity contribution >= 4 is 45.1 Å². The Kier molecular flexibility index (Phi) is 6.73. The fourth-order valence-corrected chi connectivity index (χ4v) is 6.43. The number of hydrogen-bond acceptors (Lipinski definition) is 4. The van der Waals surface area contributed by atoms with E-state index in [0.717, 1.165) is 6.26 Å². The van der Waals surface area contributed by atoms with Gasteiger partial charge in [0.1, 0.15) is 5.92 Å². The first kappa shape index (κ1) is 24.0. The van der Waals surface area contributed by atoms with Crippen LogP contribution in [0.4, 0.5) is 0 Å². The van der Waals surface area contributed by atoms with Gasteiger partial charge in [0.25, 0.3) is 5.91 Å². The minimum Gasteiger partial charge on any atom is -0.481 e. The van der Waals surface area contributed by atoms with E-state index in [2.05, 4.69) is 4.72 Å². The van der Waals surface area contributed by atoms with Gasteiger partial charge in [0.2, 0.25) is 10.0 Å². The second-order valence-corrected chi connectivity index (χ2v) is 11.2. The molecule has 1 aliphatic heterocycles. The fourth-order valence-electron chi connectivity index (χ4n) is 5.07. The van der Waals surface area contributed by atoms with E-state index >= 15 is 0 Å². The highest BCUT2D eigenvalue weighted by atomic mass is 35.5. The zero-order chi connectivity index (χ0) is 23.9. The lowest BCUT2D eigenvalue weighted by Gasteiger charge is -2.47. The average molecular weight is 511 g/mol. The van der Waals surface area contributed by atoms with Crippen LogP contribution < -0.4 is 4.72 Å². The van der Waals surface area contributed by atoms with Crippen LogP contribution in [0.2, 0.25) is 10.0 Å². The maximum Gasteiger partial charge on any atom is 0.313 e. The number of carbonyl (C=O) groups excluding carboxylic acids is 1. The maximum absolute atomic E-state index is 13.7. The standard InChI is InChI=1S/C23H24Cl2N2O5S/c1-33(31,32)26-14-7-9-15(10-8-14)27-21(18-11-6-13(24)12-19(18)25)20(23(29)30)16-4-2-3-5-17(16)22(27)28/h2-6,11-12,14-15,20-21,26H,7-10H2,1H3,(H,29,30)/t14?,15?,20-,21+/m1/s1. The molecule has 2 aromatic rings. The Hall–Kier alpha value is -2.13. The third kappa shape index (κ3) is 4.89. The summed E-state index contributed by atoms with van der Waals surface area (Å²) in [6.07, 6.45) is 3.29. The summed E-state index contributed by atoms with van der Waals surface area (Å²) in [5.41, 5.74) is 1.34. The lowest BCUT2D eigenvalue weighted by atomic mass is 9.77. The van der Waals surface area contributed by atoms with Gasteiger partial charge in [-0.05, 0) is 55.0 Å². The largest absolute Gasteiger partial charge is 0.481 e. The molecule has 2 N–H and O–H groups in total. The molecule has 0 unspecified atom stereocenters. The first-order valence-electron chi connectivity index (χ1n) is 10.6. The summed E-state index contributed by atoms with van der Waals surface area (Å²) in [5, 5.41) is 11.0. The molecular formula is C23H24Cl2N2O5S. The molecule has 33 heavy (non-hydrogen) atoms. The fraction of sp³-hybridized carbons (Fsp3) is 0.391. The third-order valence-corrected chi connectivity index (χ3v) is 7.72. The van der Waals surface area contributed by atoms with Crippen molar-refractivity contribution in [1.82, 2.24) is 9.62 Å². The van der Waals surface area contributed by atoms with Gasteiger partial charge in [-0.1, -0.05) is 47.5 Å². The molecule has 2 aliphatic rings. The van der Waals surface area contributed by atoms with Crippen LogP contribution in [0.3, 0.4) is 0 Å². The molecule has 0 aromatic heterocycles. The number of halogens is 2. The van der Waals surface area contributed by atoms with E-state index in [9.17, 15) is 23.1 Å². The van der Waals surface area contributed by atoms with Crippen molar-refractivity contribution in [3.8, 4) is 0 Å². The second kappa shape index (κ2) is 9.25. The number of benzene rings is 2. The topological polar surface area (TPSA) is 104 Å². The number of nitrogens with one attached hydrogen (secondary N) is 1. The highest BCUT2D eigenvalue weighted by Crippen LogP contribution is 2.47. The first-order chi connectivity index (χ1) is 15.6. The van der Waals surface area contributed by atoms with E-state index in [-0.39, 0.29) is 18.0 Å². The first-order valence-corrected chi connectivity index (χ1v) is 13.3. The molecular weight excluding hydrogens is 487 g/mol. The Morgan fingerprint density at radius 3 is 2.33 bits per heavy atom. The SMILES string of the molecule is CS(=O)(=O)NC1CCC(N2C(=O)c3ccccc3[C@@H](C(=O)O)[C@@H]2c2ccc(Cl)cc2Cl)CC1. The Bertz CT molecular complexity index is 1200. The molecule has 7 nitrogen and oxygen atoms in total. The number of aliphatic carboxylic acids is 1. The van der Waals surface area contributed by atoms with Crippen LogP contribution in [0.15, 0.2) is 42.5 Å². The van der Waals surface area contributed by atoms with Crippen LogP contribution in [-0.4, -0.2) is 48.6 Å². The van der Waals surface area contributed by atoms with Gasteiger partial charge >= 0.3 is 5.97 Å². The van der Waals surface area contributed by atoms with E-state index in [1.165, 1.54) is 0 Å². The highest BCUT2D eigenvalue weighted by Gasteiger charge is 2.47. The molecule has 1 amide bonds. The summed E-state index contributed by atoms with van der Waals surface area (Å²) in [7, 11) is -3.34. The minimum atomic E-state index is -3.34. The van der Waals surface area contributed by atoms with Gasteiger partial charge < -0.3 is 10.0 Å². The maximum atomic E-state index is 13.7. The van der Waals surface area contributed by atoms with Crippen LogP contribution in [0.25, 0.3) is 0 Å². The average Bonchev–Trinajstić information content (AvgIpc) is 2.73. The van der Waals surface area contributed by atoms with Gasteiger partial charge in [-0.2, -0.15) is 0 Å². The van der Waals surface area contributed by atoms with Gasteiger partial charge in [-0.25, -0.2) is 13.1 Å². The number of carboxylic acids is 1. The molecule has 0 spiro atoms. The summed E-state index contributed by atoms with van der Waals surface area (Å²) >= 11 is 12.6. The normalized spacial score (nSPS) is 25.5. The zero-order valence-electron chi connectivity index (χ0n) is 17.9. The third-order valence-electron chi connectivity index (χ3n) is 6.39. The molecule has 0 bridgehead atoms. The van der Waals surface area contributed by atoms with Crippen molar-refractivity contribution < 1.29 is 23.1 Å². The van der Waals surface area contributed by atoms with Crippen molar-refractivity contribution in [3.05, 3.63) is 69.2 Å². The number of carbonyl (C=O) groups is 2. The van der Waals surface area contributed by atoms with Crippen LogP contribution in [0.1, 0.15) is 59.1 Å². The summed E-state index contributed by atoms with van der Waals surface area (Å²) in [4.78, 5) is 27.9. The van der Waals surface area contributed by atoms with Gasteiger partial charge in [-0.3, -0.25) is 9.59 Å². The summed E-state index contributed by atoms with van der Waals surface area (Å²) in [6, 6.07) is 10.3. The number of nitrogens with zero attached hydrogens (tertiary/aromatic N) is 1. The molecule has 10 heteroatoms. The molecule has 2 aromatic carbocycles. The van der Waals surface area contributed by atoms with E-state index in [1.54, 1.807) is 47.4 Å². The van der Waals surface area contributed by atoms with Crippen molar-refractivity contribution in [2.75, 3.05) is 6.26 Å². The minimum absolute atomic E-state index is 0.212. The Morgan fingerprint density at radius 2 is 1.73 bits per heavy atom. The van der Waals surface area contributed by atoms with E-state index in [0.29, 0.717) is 52.4 Å². The molecule has 1 heterocycles. The van der Waals surface area contributed by atoms with Gasteiger partial charge in [-0.15, -0.1) is 0 Å². The van der Waals surface area contributed by atoms with Crippen LogP contribution >= 0.6 is 23.2 Å². The summed E-state index contributed by atoms with van der Waals surface area (Å²) < 4.78 is 25.9. The van der Waals surface area contributed by atoms with E-state index < -0.39 is 28.0 Å². The molecule has 1 aliphatic carbocycles. The van der Waals surface area contributed by atoms with Crippen molar-refractivity contribution in [2.24, 2.45) is 0 Å². The highest BCUT2D eigenvalue weighted by molar-refractivity contribution is 7.88. The predicted molar refractivity (Wildman–Crippen MR) is 126 cm³/mol. The monoisotopic (exact) mass is 510 g/mol. The van der Waals surface area contributed by atoms with E-state index in [4.69, 9.17) is 23.2 Å². The Morgan fingerprint density at radius 1 is 1.06 bits per heavy atom. The second-order valence-electron chi connectivity index (χ2n) is 8.62. The number of rotatable bonds is 5. The Balaban J connectivity index is 1.78. The van der Waals surface area contributed by atoms with Crippen molar-refractivity contribution in [2.45, 2.75) is 49.7 Å². The quantitative estimate of drug-likeness (QED) is 0.626.